The topological polar surface area (TPSA) is 75.4 Å². The minimum atomic E-state index is -0.963. The SMILES string of the molecule is CN(Cc1ccc(F)c(F)c1)C(=O)CNC(=O)CN. The molecule has 19 heavy (non-hydrogen) atoms. The van der Waals surface area contributed by atoms with Crippen molar-refractivity contribution in [3.8, 4) is 0 Å². The molecule has 0 heterocycles. The smallest absolute Gasteiger partial charge is 0.242 e. The lowest BCUT2D eigenvalue weighted by Gasteiger charge is -2.17. The van der Waals surface area contributed by atoms with E-state index in [1.807, 2.05) is 0 Å². The van der Waals surface area contributed by atoms with Gasteiger partial charge in [-0.1, -0.05) is 6.07 Å². The van der Waals surface area contributed by atoms with Gasteiger partial charge in [0.05, 0.1) is 13.1 Å². The summed E-state index contributed by atoms with van der Waals surface area (Å²) >= 11 is 0. The molecule has 7 heteroatoms. The summed E-state index contributed by atoms with van der Waals surface area (Å²) in [7, 11) is 1.50. The molecule has 5 nitrogen and oxygen atoms in total. The number of hydrogen-bond acceptors (Lipinski definition) is 3. The Hall–Kier alpha value is -2.02. The molecule has 104 valence electrons. The lowest BCUT2D eigenvalue weighted by atomic mass is 10.2. The largest absolute Gasteiger partial charge is 0.346 e. The van der Waals surface area contributed by atoms with E-state index in [4.69, 9.17) is 5.73 Å². The van der Waals surface area contributed by atoms with Gasteiger partial charge in [-0.3, -0.25) is 9.59 Å². The van der Waals surface area contributed by atoms with E-state index in [0.717, 1.165) is 12.1 Å². The molecule has 0 spiro atoms. The van der Waals surface area contributed by atoms with Gasteiger partial charge in [0, 0.05) is 13.6 Å². The fourth-order valence-corrected chi connectivity index (χ4v) is 1.38. The lowest BCUT2D eigenvalue weighted by molar-refractivity contribution is -0.131. The predicted octanol–water partition coefficient (Wildman–Crippen LogP) is -0.00190. The maximum absolute atomic E-state index is 13.0. The van der Waals surface area contributed by atoms with Gasteiger partial charge < -0.3 is 16.0 Å². The molecule has 0 bridgehead atoms. The van der Waals surface area contributed by atoms with Gasteiger partial charge in [-0.05, 0) is 17.7 Å². The van der Waals surface area contributed by atoms with E-state index in [-0.39, 0.29) is 25.5 Å². The van der Waals surface area contributed by atoms with Crippen LogP contribution in [0.1, 0.15) is 5.56 Å². The maximum atomic E-state index is 13.0. The second-order valence-electron chi connectivity index (χ2n) is 3.98. The second kappa shape index (κ2) is 6.79. The van der Waals surface area contributed by atoms with Crippen molar-refractivity contribution in [2.45, 2.75) is 6.54 Å². The molecule has 0 aliphatic rings. The van der Waals surface area contributed by atoms with E-state index >= 15 is 0 Å². The number of carbonyl (C=O) groups is 2. The molecule has 0 saturated heterocycles. The minimum Gasteiger partial charge on any atom is -0.346 e. The Morgan fingerprint density at radius 2 is 2.00 bits per heavy atom. The summed E-state index contributed by atoms with van der Waals surface area (Å²) in [6, 6.07) is 3.41. The number of hydrogen-bond donors (Lipinski definition) is 2. The number of benzene rings is 1. The van der Waals surface area contributed by atoms with Crippen molar-refractivity contribution < 1.29 is 18.4 Å². The average Bonchev–Trinajstić information content (AvgIpc) is 2.39. The number of nitrogens with one attached hydrogen (secondary N) is 1. The highest BCUT2D eigenvalue weighted by atomic mass is 19.2. The summed E-state index contributed by atoms with van der Waals surface area (Å²) < 4.78 is 25.7. The van der Waals surface area contributed by atoms with E-state index in [2.05, 4.69) is 5.32 Å². The third-order valence-electron chi connectivity index (χ3n) is 2.45. The van der Waals surface area contributed by atoms with Gasteiger partial charge in [0.2, 0.25) is 11.8 Å². The Morgan fingerprint density at radius 3 is 2.58 bits per heavy atom. The zero-order valence-corrected chi connectivity index (χ0v) is 10.5. The van der Waals surface area contributed by atoms with Crippen LogP contribution in [0.4, 0.5) is 8.78 Å². The molecule has 0 saturated carbocycles. The molecule has 0 atom stereocenters. The third-order valence-corrected chi connectivity index (χ3v) is 2.45. The van der Waals surface area contributed by atoms with Crippen molar-refractivity contribution in [3.63, 3.8) is 0 Å². The summed E-state index contributed by atoms with van der Waals surface area (Å²) in [6.07, 6.45) is 0. The monoisotopic (exact) mass is 271 g/mol. The molecule has 0 radical (unpaired) electrons. The molecular weight excluding hydrogens is 256 g/mol. The summed E-state index contributed by atoms with van der Waals surface area (Å²) in [5.41, 5.74) is 5.53. The van der Waals surface area contributed by atoms with Gasteiger partial charge in [0.15, 0.2) is 11.6 Å². The Morgan fingerprint density at radius 1 is 1.32 bits per heavy atom. The molecule has 0 unspecified atom stereocenters. The molecule has 2 amide bonds. The third kappa shape index (κ3) is 4.63. The molecule has 0 aliphatic carbocycles. The van der Waals surface area contributed by atoms with Crippen molar-refractivity contribution in [2.24, 2.45) is 5.73 Å². The van der Waals surface area contributed by atoms with Crippen LogP contribution in [0.5, 0.6) is 0 Å². The number of amides is 2. The molecule has 0 aliphatic heterocycles. The summed E-state index contributed by atoms with van der Waals surface area (Å²) in [6.45, 7) is -0.259. The van der Waals surface area contributed by atoms with E-state index < -0.39 is 17.5 Å². The lowest BCUT2D eigenvalue weighted by Crippen LogP contribution is -2.40. The number of nitrogens with zero attached hydrogens (tertiary/aromatic N) is 1. The van der Waals surface area contributed by atoms with Gasteiger partial charge in [-0.15, -0.1) is 0 Å². The first-order chi connectivity index (χ1) is 8.93. The molecule has 0 fully saturated rings. The van der Waals surface area contributed by atoms with Crippen LogP contribution in [-0.2, 0) is 16.1 Å². The van der Waals surface area contributed by atoms with Gasteiger partial charge in [0.1, 0.15) is 0 Å². The second-order valence-corrected chi connectivity index (χ2v) is 3.98. The highest BCUT2D eigenvalue weighted by molar-refractivity contribution is 5.85. The van der Waals surface area contributed by atoms with Gasteiger partial charge in [0.25, 0.3) is 0 Å². The molecule has 3 N–H and O–H groups in total. The Balaban J connectivity index is 2.53. The fourth-order valence-electron chi connectivity index (χ4n) is 1.38. The Bertz CT molecular complexity index is 480. The zero-order valence-electron chi connectivity index (χ0n) is 10.5. The maximum Gasteiger partial charge on any atom is 0.242 e. The summed E-state index contributed by atoms with van der Waals surface area (Å²) in [5.74, 6) is -2.69. The van der Waals surface area contributed by atoms with Crippen molar-refractivity contribution in [2.75, 3.05) is 20.1 Å². The Kier molecular flexibility index (Phi) is 5.37. The number of carbonyl (C=O) groups excluding carboxylic acids is 2. The van der Waals surface area contributed by atoms with E-state index in [1.165, 1.54) is 18.0 Å². The van der Waals surface area contributed by atoms with E-state index in [9.17, 15) is 18.4 Å². The van der Waals surface area contributed by atoms with E-state index in [1.54, 1.807) is 0 Å². The van der Waals surface area contributed by atoms with Gasteiger partial charge in [-0.2, -0.15) is 0 Å². The van der Waals surface area contributed by atoms with E-state index in [0.29, 0.717) is 5.56 Å². The first kappa shape index (κ1) is 15.0. The van der Waals surface area contributed by atoms with Crippen molar-refractivity contribution >= 4 is 11.8 Å². The zero-order chi connectivity index (χ0) is 14.4. The molecule has 0 aromatic heterocycles. The number of likely N-dealkylation sites (N-methyl/N-ethyl adjacent to an activating group) is 1. The highest BCUT2D eigenvalue weighted by Gasteiger charge is 2.11. The fraction of sp³-hybridized carbons (Fsp3) is 0.333. The standard InChI is InChI=1S/C12H15F2N3O2/c1-17(12(19)6-16-11(18)5-15)7-8-2-3-9(13)10(14)4-8/h2-4H,5-7,15H2,1H3,(H,16,18). The molecular formula is C12H15F2N3O2. The number of halogens is 2. The molecule has 1 aromatic carbocycles. The van der Waals surface area contributed by atoms with Crippen LogP contribution in [0.3, 0.4) is 0 Å². The normalized spacial score (nSPS) is 10.1. The van der Waals surface area contributed by atoms with Crippen molar-refractivity contribution in [3.05, 3.63) is 35.4 Å². The van der Waals surface area contributed by atoms with Crippen molar-refractivity contribution in [1.29, 1.82) is 0 Å². The number of nitrogens with two attached hydrogens (primary N) is 1. The van der Waals surface area contributed by atoms with Crippen LogP contribution in [0, 0.1) is 11.6 Å². The highest BCUT2D eigenvalue weighted by Crippen LogP contribution is 2.10. The van der Waals surface area contributed by atoms with Crippen LogP contribution in [0.15, 0.2) is 18.2 Å². The Labute approximate surface area is 109 Å². The summed E-state index contributed by atoms with van der Waals surface area (Å²) in [4.78, 5) is 23.8. The minimum absolute atomic E-state index is 0.120. The first-order valence-electron chi connectivity index (χ1n) is 5.58. The first-order valence-corrected chi connectivity index (χ1v) is 5.58. The van der Waals surface area contributed by atoms with Crippen LogP contribution in [0.2, 0.25) is 0 Å². The van der Waals surface area contributed by atoms with Crippen LogP contribution < -0.4 is 11.1 Å². The van der Waals surface area contributed by atoms with Crippen LogP contribution in [-0.4, -0.2) is 36.9 Å². The van der Waals surface area contributed by atoms with Gasteiger partial charge in [-0.25, -0.2) is 8.78 Å². The molecule has 1 aromatic rings. The van der Waals surface area contributed by atoms with Gasteiger partial charge >= 0.3 is 0 Å². The molecule has 1 rings (SSSR count). The van der Waals surface area contributed by atoms with Crippen molar-refractivity contribution in [1.82, 2.24) is 10.2 Å². The van der Waals surface area contributed by atoms with Crippen LogP contribution in [0.25, 0.3) is 0 Å². The number of rotatable bonds is 5. The van der Waals surface area contributed by atoms with Crippen LogP contribution >= 0.6 is 0 Å². The summed E-state index contributed by atoms with van der Waals surface area (Å²) in [5, 5.41) is 2.33. The predicted molar refractivity (Wildman–Crippen MR) is 64.9 cm³/mol. The quantitative estimate of drug-likeness (QED) is 0.791. The average molecular weight is 271 g/mol.